The fourth-order valence-corrected chi connectivity index (χ4v) is 4.05. The zero-order chi connectivity index (χ0) is 19.6. The molecule has 0 aromatic heterocycles. The average molecular weight is 389 g/mol. The van der Waals surface area contributed by atoms with E-state index in [2.05, 4.69) is 0 Å². The van der Waals surface area contributed by atoms with Crippen molar-refractivity contribution in [2.75, 3.05) is 37.3 Å². The van der Waals surface area contributed by atoms with Crippen LogP contribution >= 0.6 is 0 Å². The lowest BCUT2D eigenvalue weighted by Crippen LogP contribution is -2.49. The standard InChI is InChI=1S/C18H19N3O5S/c1-27(25,26)17-9-5-2-6-14(17)18(22)20-12-10-19(11-13-20)15-7-3-4-8-16(15)21(23)24/h2-9H,10-13H2,1H3. The molecule has 142 valence electrons. The Kier molecular flexibility index (Phi) is 5.13. The zero-order valence-corrected chi connectivity index (χ0v) is 15.6. The van der Waals surface area contributed by atoms with Gasteiger partial charge in [-0.05, 0) is 18.2 Å². The molecule has 0 aliphatic carbocycles. The van der Waals surface area contributed by atoms with Gasteiger partial charge in [-0.3, -0.25) is 14.9 Å². The normalized spacial score (nSPS) is 14.9. The molecule has 0 N–H and O–H groups in total. The molecule has 1 aliphatic heterocycles. The summed E-state index contributed by atoms with van der Waals surface area (Å²) in [7, 11) is -3.52. The summed E-state index contributed by atoms with van der Waals surface area (Å²) in [6.45, 7) is 1.56. The van der Waals surface area contributed by atoms with Gasteiger partial charge in [0.1, 0.15) is 5.69 Å². The SMILES string of the molecule is CS(=O)(=O)c1ccccc1C(=O)N1CCN(c2ccccc2[N+](=O)[O-])CC1. The topological polar surface area (TPSA) is 101 Å². The number of benzene rings is 2. The number of carbonyl (C=O) groups excluding carboxylic acids is 1. The van der Waals surface area contributed by atoms with E-state index in [1.54, 1.807) is 35.2 Å². The van der Waals surface area contributed by atoms with Crippen molar-refractivity contribution in [2.24, 2.45) is 0 Å². The molecule has 9 heteroatoms. The van der Waals surface area contributed by atoms with Crippen LogP contribution in [0.4, 0.5) is 11.4 Å². The highest BCUT2D eigenvalue weighted by molar-refractivity contribution is 7.90. The molecule has 27 heavy (non-hydrogen) atoms. The minimum Gasteiger partial charge on any atom is -0.362 e. The molecular formula is C18H19N3O5S. The molecule has 1 aliphatic rings. The Labute approximate surface area is 157 Å². The molecule has 0 unspecified atom stereocenters. The Morgan fingerprint density at radius 2 is 1.59 bits per heavy atom. The maximum absolute atomic E-state index is 12.8. The van der Waals surface area contributed by atoms with Gasteiger partial charge in [-0.25, -0.2) is 8.42 Å². The Morgan fingerprint density at radius 3 is 2.22 bits per heavy atom. The summed E-state index contributed by atoms with van der Waals surface area (Å²) in [6, 6.07) is 12.6. The summed E-state index contributed by atoms with van der Waals surface area (Å²) < 4.78 is 23.9. The van der Waals surface area contributed by atoms with E-state index < -0.39 is 14.8 Å². The second-order valence-corrected chi connectivity index (χ2v) is 8.28. The second-order valence-electron chi connectivity index (χ2n) is 6.29. The molecule has 0 spiro atoms. The molecular weight excluding hydrogens is 370 g/mol. The number of hydrogen-bond donors (Lipinski definition) is 0. The first-order valence-electron chi connectivity index (χ1n) is 8.36. The van der Waals surface area contributed by atoms with Gasteiger partial charge in [0, 0.05) is 38.5 Å². The molecule has 1 fully saturated rings. The molecule has 0 radical (unpaired) electrons. The number of amides is 1. The van der Waals surface area contributed by atoms with Crippen LogP contribution in [0.3, 0.4) is 0 Å². The van der Waals surface area contributed by atoms with Crippen molar-refractivity contribution in [1.29, 1.82) is 0 Å². The number of carbonyl (C=O) groups is 1. The lowest BCUT2D eigenvalue weighted by molar-refractivity contribution is -0.384. The molecule has 0 bridgehead atoms. The minimum atomic E-state index is -3.52. The zero-order valence-electron chi connectivity index (χ0n) is 14.7. The summed E-state index contributed by atoms with van der Waals surface area (Å²) in [5.74, 6) is -0.349. The van der Waals surface area contributed by atoms with E-state index >= 15 is 0 Å². The van der Waals surface area contributed by atoms with Crippen LogP contribution in [0.5, 0.6) is 0 Å². The van der Waals surface area contributed by atoms with Crippen LogP contribution in [-0.4, -0.2) is 56.6 Å². The van der Waals surface area contributed by atoms with Gasteiger partial charge in [0.15, 0.2) is 9.84 Å². The van der Waals surface area contributed by atoms with Crippen LogP contribution < -0.4 is 4.90 Å². The number of anilines is 1. The van der Waals surface area contributed by atoms with E-state index in [1.807, 2.05) is 4.90 Å². The molecule has 2 aromatic carbocycles. The Bertz CT molecular complexity index is 982. The molecule has 1 saturated heterocycles. The van der Waals surface area contributed by atoms with Gasteiger partial charge in [-0.2, -0.15) is 0 Å². The number of sulfone groups is 1. The highest BCUT2D eigenvalue weighted by Crippen LogP contribution is 2.28. The number of nitrogens with zero attached hydrogens (tertiary/aromatic N) is 3. The minimum absolute atomic E-state index is 0.0103. The van der Waals surface area contributed by atoms with E-state index in [4.69, 9.17) is 0 Å². The van der Waals surface area contributed by atoms with Crippen LogP contribution in [-0.2, 0) is 9.84 Å². The van der Waals surface area contributed by atoms with Crippen molar-refractivity contribution >= 4 is 27.1 Å². The maximum Gasteiger partial charge on any atom is 0.292 e. The fraction of sp³-hybridized carbons (Fsp3) is 0.278. The summed E-state index contributed by atoms with van der Waals surface area (Å²) in [5.41, 5.74) is 0.699. The maximum atomic E-state index is 12.8. The Hall–Kier alpha value is -2.94. The van der Waals surface area contributed by atoms with Gasteiger partial charge >= 0.3 is 0 Å². The molecule has 1 heterocycles. The van der Waals surface area contributed by atoms with Crippen LogP contribution in [0.15, 0.2) is 53.4 Å². The largest absolute Gasteiger partial charge is 0.362 e. The number of piperazine rings is 1. The molecule has 1 amide bonds. The summed E-state index contributed by atoms with van der Waals surface area (Å²) in [4.78, 5) is 27.1. The average Bonchev–Trinajstić information content (AvgIpc) is 2.67. The Morgan fingerprint density at radius 1 is 1.00 bits per heavy atom. The van der Waals surface area contributed by atoms with E-state index in [-0.39, 0.29) is 22.1 Å². The predicted molar refractivity (Wildman–Crippen MR) is 101 cm³/mol. The van der Waals surface area contributed by atoms with Crippen LogP contribution in [0, 0.1) is 10.1 Å². The quantitative estimate of drug-likeness (QED) is 0.585. The molecule has 2 aromatic rings. The van der Waals surface area contributed by atoms with Gasteiger partial charge in [0.05, 0.1) is 15.4 Å². The highest BCUT2D eigenvalue weighted by atomic mass is 32.2. The summed E-state index contributed by atoms with van der Waals surface area (Å²) in [5, 5.41) is 11.2. The van der Waals surface area contributed by atoms with Crippen molar-refractivity contribution in [3.05, 3.63) is 64.2 Å². The van der Waals surface area contributed by atoms with E-state index in [0.29, 0.717) is 31.9 Å². The number of hydrogen-bond acceptors (Lipinski definition) is 6. The van der Waals surface area contributed by atoms with Crippen molar-refractivity contribution in [1.82, 2.24) is 4.90 Å². The van der Waals surface area contributed by atoms with E-state index in [9.17, 15) is 23.3 Å². The predicted octanol–water partition coefficient (Wildman–Crippen LogP) is 1.96. The van der Waals surface area contributed by atoms with Crippen LogP contribution in [0.25, 0.3) is 0 Å². The third kappa shape index (κ3) is 3.92. The van der Waals surface area contributed by atoms with Crippen molar-refractivity contribution in [2.45, 2.75) is 4.90 Å². The lowest BCUT2D eigenvalue weighted by atomic mass is 10.1. The van der Waals surface area contributed by atoms with Crippen LogP contribution in [0.2, 0.25) is 0 Å². The van der Waals surface area contributed by atoms with Gasteiger partial charge < -0.3 is 9.80 Å². The first-order chi connectivity index (χ1) is 12.8. The fourth-order valence-electron chi connectivity index (χ4n) is 3.17. The number of para-hydroxylation sites is 2. The third-order valence-electron chi connectivity index (χ3n) is 4.50. The number of nitro groups is 1. The van der Waals surface area contributed by atoms with Crippen molar-refractivity contribution in [3.63, 3.8) is 0 Å². The van der Waals surface area contributed by atoms with E-state index in [1.165, 1.54) is 18.2 Å². The summed E-state index contributed by atoms with van der Waals surface area (Å²) >= 11 is 0. The molecule has 8 nitrogen and oxygen atoms in total. The molecule has 0 atom stereocenters. The smallest absolute Gasteiger partial charge is 0.292 e. The molecule has 0 saturated carbocycles. The Balaban J connectivity index is 1.78. The van der Waals surface area contributed by atoms with E-state index in [0.717, 1.165) is 6.26 Å². The summed E-state index contributed by atoms with van der Waals surface area (Å²) in [6.07, 6.45) is 1.07. The van der Waals surface area contributed by atoms with Gasteiger partial charge in [0.25, 0.3) is 11.6 Å². The first-order valence-corrected chi connectivity index (χ1v) is 10.2. The highest BCUT2D eigenvalue weighted by Gasteiger charge is 2.28. The number of nitro benzene ring substituents is 1. The monoisotopic (exact) mass is 389 g/mol. The van der Waals surface area contributed by atoms with Crippen molar-refractivity contribution in [3.8, 4) is 0 Å². The number of rotatable bonds is 4. The van der Waals surface area contributed by atoms with Crippen molar-refractivity contribution < 1.29 is 18.1 Å². The van der Waals surface area contributed by atoms with Crippen LogP contribution in [0.1, 0.15) is 10.4 Å². The lowest BCUT2D eigenvalue weighted by Gasteiger charge is -2.36. The second kappa shape index (κ2) is 7.36. The van der Waals surface area contributed by atoms with Gasteiger partial charge in [-0.1, -0.05) is 24.3 Å². The first kappa shape index (κ1) is 18.8. The van der Waals surface area contributed by atoms with Gasteiger partial charge in [0.2, 0.25) is 0 Å². The van der Waals surface area contributed by atoms with Gasteiger partial charge in [-0.15, -0.1) is 0 Å². The molecule has 3 rings (SSSR count). The third-order valence-corrected chi connectivity index (χ3v) is 5.66.